The molecule has 0 saturated carbocycles. The van der Waals surface area contributed by atoms with E-state index in [0.29, 0.717) is 0 Å². The second kappa shape index (κ2) is 6.48. The fourth-order valence-electron chi connectivity index (χ4n) is 2.23. The third-order valence-corrected chi connectivity index (χ3v) is 4.42. The Morgan fingerprint density at radius 2 is 2.05 bits per heavy atom. The molecule has 1 fully saturated rings. The Morgan fingerprint density at radius 1 is 1.37 bits per heavy atom. The van der Waals surface area contributed by atoms with E-state index < -0.39 is 0 Å². The standard InChI is InChI=1S/C14H23N3OS/c1-11(2)4-5-16-6-8-17(9-7-16)14(18)13-10-15-12(3)19-13/h10-11H,4-9H2,1-3H3. The molecule has 1 amide bonds. The molecular formula is C14H23N3OS. The smallest absolute Gasteiger partial charge is 0.265 e. The molecule has 0 N–H and O–H groups in total. The molecule has 1 aliphatic heterocycles. The first-order chi connectivity index (χ1) is 9.06. The fourth-order valence-corrected chi connectivity index (χ4v) is 2.98. The molecule has 2 rings (SSSR count). The number of carbonyl (C=O) groups excluding carboxylic acids is 1. The summed E-state index contributed by atoms with van der Waals surface area (Å²) in [6, 6.07) is 0. The summed E-state index contributed by atoms with van der Waals surface area (Å²) >= 11 is 1.49. The molecule has 5 heteroatoms. The Bertz CT molecular complexity index is 422. The number of piperazine rings is 1. The van der Waals surface area contributed by atoms with Gasteiger partial charge < -0.3 is 4.90 Å². The van der Waals surface area contributed by atoms with Crippen molar-refractivity contribution in [1.82, 2.24) is 14.8 Å². The van der Waals surface area contributed by atoms with Crippen LogP contribution in [0.4, 0.5) is 0 Å². The topological polar surface area (TPSA) is 36.4 Å². The zero-order chi connectivity index (χ0) is 13.8. The lowest BCUT2D eigenvalue weighted by molar-refractivity contribution is 0.0636. The van der Waals surface area contributed by atoms with Crippen LogP contribution in [0.3, 0.4) is 0 Å². The minimum Gasteiger partial charge on any atom is -0.335 e. The molecular weight excluding hydrogens is 258 g/mol. The van der Waals surface area contributed by atoms with Gasteiger partial charge in [-0.25, -0.2) is 4.98 Å². The molecule has 1 aliphatic rings. The maximum absolute atomic E-state index is 12.3. The predicted molar refractivity (Wildman–Crippen MR) is 78.6 cm³/mol. The van der Waals surface area contributed by atoms with Gasteiger partial charge in [-0.2, -0.15) is 0 Å². The lowest BCUT2D eigenvalue weighted by Gasteiger charge is -2.34. The van der Waals surface area contributed by atoms with Crippen LogP contribution in [0.25, 0.3) is 0 Å². The van der Waals surface area contributed by atoms with E-state index in [-0.39, 0.29) is 5.91 Å². The Hall–Kier alpha value is -0.940. The molecule has 1 saturated heterocycles. The van der Waals surface area contributed by atoms with Crippen LogP contribution in [0.1, 0.15) is 34.9 Å². The average molecular weight is 281 g/mol. The predicted octanol–water partition coefficient (Wildman–Crippen LogP) is 2.26. The van der Waals surface area contributed by atoms with Gasteiger partial charge in [0, 0.05) is 26.2 Å². The highest BCUT2D eigenvalue weighted by atomic mass is 32.1. The van der Waals surface area contributed by atoms with Crippen molar-refractivity contribution in [1.29, 1.82) is 0 Å². The zero-order valence-electron chi connectivity index (χ0n) is 12.1. The van der Waals surface area contributed by atoms with Gasteiger partial charge in [0.2, 0.25) is 0 Å². The van der Waals surface area contributed by atoms with Crippen molar-refractivity contribution in [3.63, 3.8) is 0 Å². The van der Waals surface area contributed by atoms with E-state index in [0.717, 1.165) is 48.5 Å². The second-order valence-corrected chi connectivity index (χ2v) is 6.79. The second-order valence-electron chi connectivity index (χ2n) is 5.56. The number of carbonyl (C=O) groups is 1. The molecule has 0 aromatic carbocycles. The van der Waals surface area contributed by atoms with Crippen molar-refractivity contribution in [3.8, 4) is 0 Å². The van der Waals surface area contributed by atoms with Gasteiger partial charge in [-0.1, -0.05) is 13.8 Å². The van der Waals surface area contributed by atoms with E-state index >= 15 is 0 Å². The van der Waals surface area contributed by atoms with Gasteiger partial charge in [-0.3, -0.25) is 9.69 Å². The summed E-state index contributed by atoms with van der Waals surface area (Å²) in [4.78, 5) is 21.6. The highest BCUT2D eigenvalue weighted by Crippen LogP contribution is 2.16. The van der Waals surface area contributed by atoms with E-state index in [2.05, 4.69) is 23.7 Å². The van der Waals surface area contributed by atoms with Crippen LogP contribution in [0.2, 0.25) is 0 Å². The van der Waals surface area contributed by atoms with Gasteiger partial charge in [-0.05, 0) is 25.8 Å². The number of aromatic nitrogens is 1. The van der Waals surface area contributed by atoms with Crippen LogP contribution >= 0.6 is 11.3 Å². The van der Waals surface area contributed by atoms with Crippen molar-refractivity contribution in [2.24, 2.45) is 5.92 Å². The maximum Gasteiger partial charge on any atom is 0.265 e. The van der Waals surface area contributed by atoms with Gasteiger partial charge in [0.25, 0.3) is 5.91 Å². The molecule has 2 heterocycles. The summed E-state index contributed by atoms with van der Waals surface area (Å²) in [5, 5.41) is 0.957. The first kappa shape index (κ1) is 14.5. The Balaban J connectivity index is 1.81. The monoisotopic (exact) mass is 281 g/mol. The number of hydrogen-bond acceptors (Lipinski definition) is 4. The molecule has 19 heavy (non-hydrogen) atoms. The lowest BCUT2D eigenvalue weighted by atomic mass is 10.1. The van der Waals surface area contributed by atoms with Crippen LogP contribution < -0.4 is 0 Å². The molecule has 0 spiro atoms. The van der Waals surface area contributed by atoms with Crippen LogP contribution in [0, 0.1) is 12.8 Å². The molecule has 0 bridgehead atoms. The Morgan fingerprint density at radius 3 is 2.58 bits per heavy atom. The van der Waals surface area contributed by atoms with Crippen LogP contribution in [-0.4, -0.2) is 53.4 Å². The minimum atomic E-state index is 0.147. The van der Waals surface area contributed by atoms with Crippen molar-refractivity contribution in [3.05, 3.63) is 16.1 Å². The third-order valence-electron chi connectivity index (χ3n) is 3.51. The summed E-state index contributed by atoms with van der Waals surface area (Å²) in [6.45, 7) is 11.3. The van der Waals surface area contributed by atoms with Crippen molar-refractivity contribution >= 4 is 17.2 Å². The minimum absolute atomic E-state index is 0.147. The first-order valence-corrected chi connectivity index (χ1v) is 7.82. The largest absolute Gasteiger partial charge is 0.335 e. The fraction of sp³-hybridized carbons (Fsp3) is 0.714. The Labute approximate surface area is 119 Å². The molecule has 0 radical (unpaired) electrons. The van der Waals surface area contributed by atoms with Gasteiger partial charge in [0.1, 0.15) is 4.88 Å². The van der Waals surface area contributed by atoms with E-state index in [4.69, 9.17) is 0 Å². The SMILES string of the molecule is Cc1ncc(C(=O)N2CCN(CCC(C)C)CC2)s1. The summed E-state index contributed by atoms with van der Waals surface area (Å²) in [6.07, 6.45) is 2.94. The van der Waals surface area contributed by atoms with Crippen LogP contribution in [-0.2, 0) is 0 Å². The number of thiazole rings is 1. The summed E-state index contributed by atoms with van der Waals surface area (Å²) < 4.78 is 0. The first-order valence-electron chi connectivity index (χ1n) is 7.00. The van der Waals surface area contributed by atoms with E-state index in [9.17, 15) is 4.79 Å². The zero-order valence-corrected chi connectivity index (χ0v) is 12.9. The summed E-state index contributed by atoms with van der Waals surface area (Å²) in [5.74, 6) is 0.897. The molecule has 0 unspecified atom stereocenters. The number of hydrogen-bond donors (Lipinski definition) is 0. The normalized spacial score (nSPS) is 17.2. The number of aryl methyl sites for hydroxylation is 1. The van der Waals surface area contributed by atoms with Crippen molar-refractivity contribution < 1.29 is 4.79 Å². The summed E-state index contributed by atoms with van der Waals surface area (Å²) in [7, 11) is 0. The summed E-state index contributed by atoms with van der Waals surface area (Å²) in [5.41, 5.74) is 0. The highest BCUT2D eigenvalue weighted by Gasteiger charge is 2.23. The maximum atomic E-state index is 12.3. The van der Waals surface area contributed by atoms with E-state index in [1.54, 1.807) is 6.20 Å². The van der Waals surface area contributed by atoms with Crippen molar-refractivity contribution in [2.75, 3.05) is 32.7 Å². The number of nitrogens with zero attached hydrogens (tertiary/aromatic N) is 3. The molecule has 0 atom stereocenters. The lowest BCUT2D eigenvalue weighted by Crippen LogP contribution is -2.48. The Kier molecular flexibility index (Phi) is 4.93. The van der Waals surface area contributed by atoms with E-state index in [1.807, 2.05) is 11.8 Å². The molecule has 0 aliphatic carbocycles. The van der Waals surface area contributed by atoms with Gasteiger partial charge >= 0.3 is 0 Å². The number of rotatable bonds is 4. The van der Waals surface area contributed by atoms with Gasteiger partial charge in [0.15, 0.2) is 0 Å². The average Bonchev–Trinajstić information content (AvgIpc) is 2.83. The third kappa shape index (κ3) is 4.01. The highest BCUT2D eigenvalue weighted by molar-refractivity contribution is 7.13. The van der Waals surface area contributed by atoms with Crippen LogP contribution in [0.15, 0.2) is 6.20 Å². The van der Waals surface area contributed by atoms with E-state index in [1.165, 1.54) is 17.8 Å². The van der Waals surface area contributed by atoms with Gasteiger partial charge in [-0.15, -0.1) is 11.3 Å². The van der Waals surface area contributed by atoms with Crippen molar-refractivity contribution in [2.45, 2.75) is 27.2 Å². The molecule has 106 valence electrons. The molecule has 1 aromatic heterocycles. The van der Waals surface area contributed by atoms with Crippen LogP contribution in [0.5, 0.6) is 0 Å². The quantitative estimate of drug-likeness (QED) is 0.849. The number of amides is 1. The molecule has 4 nitrogen and oxygen atoms in total. The molecule has 1 aromatic rings. The van der Waals surface area contributed by atoms with Gasteiger partial charge in [0.05, 0.1) is 11.2 Å².